The normalized spacial score (nSPS) is 11.7. The molecule has 36 heavy (non-hydrogen) atoms. The summed E-state index contributed by atoms with van der Waals surface area (Å²) in [6.45, 7) is 0. The Balaban J connectivity index is 1.36. The molecule has 4 rings (SSSR count). The highest BCUT2D eigenvalue weighted by atomic mass is 16.2. The topological polar surface area (TPSA) is 123 Å². The fraction of sp³-hybridized carbons (Fsp3) is 0.0690. The number of nitrogens with zero attached hydrogens (tertiary/aromatic N) is 1. The minimum atomic E-state index is -0.646. The van der Waals surface area contributed by atoms with Gasteiger partial charge < -0.3 is 22.1 Å². The van der Waals surface area contributed by atoms with E-state index >= 15 is 0 Å². The lowest BCUT2D eigenvalue weighted by atomic mass is 10.1. The van der Waals surface area contributed by atoms with Gasteiger partial charge in [0.25, 0.3) is 0 Å². The van der Waals surface area contributed by atoms with Crippen molar-refractivity contribution in [1.82, 2.24) is 4.98 Å². The first-order chi connectivity index (χ1) is 17.5. The third-order valence-corrected chi connectivity index (χ3v) is 5.48. The van der Waals surface area contributed by atoms with Crippen LogP contribution in [0.3, 0.4) is 0 Å². The summed E-state index contributed by atoms with van der Waals surface area (Å²) in [4.78, 5) is 29.3. The van der Waals surface area contributed by atoms with Gasteiger partial charge in [-0.25, -0.2) is 4.98 Å². The molecule has 1 aromatic heterocycles. The van der Waals surface area contributed by atoms with E-state index in [2.05, 4.69) is 15.6 Å². The number of aromatic nitrogens is 1. The van der Waals surface area contributed by atoms with Crippen molar-refractivity contribution in [2.24, 2.45) is 5.73 Å². The summed E-state index contributed by atoms with van der Waals surface area (Å²) < 4.78 is 0. The van der Waals surface area contributed by atoms with Crippen molar-refractivity contribution in [3.8, 4) is 11.3 Å². The number of pyridine rings is 1. The number of anilines is 3. The summed E-state index contributed by atoms with van der Waals surface area (Å²) in [6.07, 6.45) is 3.52. The van der Waals surface area contributed by atoms with Gasteiger partial charge in [-0.1, -0.05) is 60.7 Å². The number of carbonyl (C=O) groups is 2. The maximum absolute atomic E-state index is 12.5. The van der Waals surface area contributed by atoms with Gasteiger partial charge in [0.2, 0.25) is 11.8 Å². The maximum Gasteiger partial charge on any atom is 0.248 e. The van der Waals surface area contributed by atoms with Crippen molar-refractivity contribution in [2.75, 3.05) is 16.4 Å². The lowest BCUT2D eigenvalue weighted by Gasteiger charge is -2.13. The first-order valence-corrected chi connectivity index (χ1v) is 11.5. The Hall–Kier alpha value is -4.75. The SMILES string of the molecule is Nc1ccccc1NC(=O)/C=C/c1cccc(-c2ccc(NC(=O)C(N)Cc3ccccc3)cc2)n1. The zero-order valence-electron chi connectivity index (χ0n) is 19.6. The number of nitrogen functional groups attached to an aromatic ring is 1. The molecule has 6 N–H and O–H groups in total. The fourth-order valence-corrected chi connectivity index (χ4v) is 3.57. The number of benzene rings is 3. The Morgan fingerprint density at radius 1 is 0.833 bits per heavy atom. The molecule has 3 aromatic carbocycles. The van der Waals surface area contributed by atoms with Crippen molar-refractivity contribution in [3.05, 3.63) is 114 Å². The molecule has 4 aromatic rings. The van der Waals surface area contributed by atoms with Gasteiger partial charge in [-0.15, -0.1) is 0 Å². The molecule has 180 valence electrons. The molecule has 0 aliphatic rings. The van der Waals surface area contributed by atoms with E-state index in [1.807, 2.05) is 72.8 Å². The van der Waals surface area contributed by atoms with Crippen molar-refractivity contribution in [2.45, 2.75) is 12.5 Å². The zero-order valence-corrected chi connectivity index (χ0v) is 19.6. The van der Waals surface area contributed by atoms with E-state index in [1.165, 1.54) is 6.08 Å². The van der Waals surface area contributed by atoms with Crippen LogP contribution in [0, 0.1) is 0 Å². The largest absolute Gasteiger partial charge is 0.397 e. The number of para-hydroxylation sites is 2. The molecule has 1 atom stereocenters. The van der Waals surface area contributed by atoms with Crippen LogP contribution in [0.4, 0.5) is 17.1 Å². The van der Waals surface area contributed by atoms with Gasteiger partial charge in [-0.2, -0.15) is 0 Å². The van der Waals surface area contributed by atoms with Crippen LogP contribution >= 0.6 is 0 Å². The zero-order chi connectivity index (χ0) is 25.3. The van der Waals surface area contributed by atoms with Gasteiger partial charge in [0, 0.05) is 17.3 Å². The quantitative estimate of drug-likeness (QED) is 0.220. The van der Waals surface area contributed by atoms with E-state index in [-0.39, 0.29) is 11.8 Å². The van der Waals surface area contributed by atoms with Crippen molar-refractivity contribution >= 4 is 35.0 Å². The average molecular weight is 478 g/mol. The molecule has 0 fully saturated rings. The highest BCUT2D eigenvalue weighted by Gasteiger charge is 2.14. The predicted octanol–water partition coefficient (Wildman–Crippen LogP) is 4.49. The highest BCUT2D eigenvalue weighted by Crippen LogP contribution is 2.21. The van der Waals surface area contributed by atoms with Crippen LogP contribution in [0.25, 0.3) is 17.3 Å². The van der Waals surface area contributed by atoms with Crippen molar-refractivity contribution in [3.63, 3.8) is 0 Å². The highest BCUT2D eigenvalue weighted by molar-refractivity contribution is 6.03. The van der Waals surface area contributed by atoms with E-state index in [1.54, 1.807) is 30.3 Å². The van der Waals surface area contributed by atoms with E-state index in [0.29, 0.717) is 29.2 Å². The Labute approximate surface area is 209 Å². The standard InChI is InChI=1S/C29H27N5O2/c30-24-10-4-5-11-27(24)34-28(35)18-17-22-9-6-12-26(32-22)21-13-15-23(16-14-21)33-29(36)25(31)19-20-7-2-1-3-8-20/h1-18,25H,19,30-31H2,(H,33,36)(H,34,35)/b18-17+. The molecule has 2 amide bonds. The van der Waals surface area contributed by atoms with Crippen LogP contribution in [-0.4, -0.2) is 22.8 Å². The molecule has 0 saturated heterocycles. The molecule has 1 heterocycles. The molecule has 0 bridgehead atoms. The molecule has 0 aliphatic carbocycles. The third-order valence-electron chi connectivity index (χ3n) is 5.48. The van der Waals surface area contributed by atoms with Gasteiger partial charge >= 0.3 is 0 Å². The molecule has 7 heteroatoms. The van der Waals surface area contributed by atoms with Crippen LogP contribution in [0.2, 0.25) is 0 Å². The number of amides is 2. The van der Waals surface area contributed by atoms with Crippen LogP contribution in [-0.2, 0) is 16.0 Å². The number of nitrogens with one attached hydrogen (secondary N) is 2. The Bertz CT molecular complexity index is 1370. The first-order valence-electron chi connectivity index (χ1n) is 11.5. The minimum absolute atomic E-state index is 0.243. The lowest BCUT2D eigenvalue weighted by Crippen LogP contribution is -2.37. The number of hydrogen-bond donors (Lipinski definition) is 4. The summed E-state index contributed by atoms with van der Waals surface area (Å²) in [7, 11) is 0. The Kier molecular flexibility index (Phi) is 7.85. The summed E-state index contributed by atoms with van der Waals surface area (Å²) in [5.74, 6) is -0.543. The monoisotopic (exact) mass is 477 g/mol. The molecule has 1 unspecified atom stereocenters. The smallest absolute Gasteiger partial charge is 0.248 e. The molecule has 0 spiro atoms. The second-order valence-electron chi connectivity index (χ2n) is 8.22. The maximum atomic E-state index is 12.5. The third kappa shape index (κ3) is 6.65. The van der Waals surface area contributed by atoms with Crippen LogP contribution in [0.15, 0.2) is 103 Å². The van der Waals surface area contributed by atoms with Gasteiger partial charge in [-0.05, 0) is 54.5 Å². The summed E-state index contributed by atoms with van der Waals surface area (Å²) in [6, 6.07) is 29.0. The van der Waals surface area contributed by atoms with E-state index < -0.39 is 6.04 Å². The molecular formula is C29H27N5O2. The molecule has 7 nitrogen and oxygen atoms in total. The number of rotatable bonds is 8. The minimum Gasteiger partial charge on any atom is -0.397 e. The molecular weight excluding hydrogens is 450 g/mol. The molecule has 0 saturated carbocycles. The van der Waals surface area contributed by atoms with Gasteiger partial charge in [0.05, 0.1) is 28.8 Å². The van der Waals surface area contributed by atoms with Crippen LogP contribution in [0.5, 0.6) is 0 Å². The Morgan fingerprint density at radius 2 is 1.56 bits per heavy atom. The second-order valence-corrected chi connectivity index (χ2v) is 8.22. The molecule has 0 radical (unpaired) electrons. The van der Waals surface area contributed by atoms with Crippen molar-refractivity contribution in [1.29, 1.82) is 0 Å². The number of hydrogen-bond acceptors (Lipinski definition) is 5. The Morgan fingerprint density at radius 3 is 2.31 bits per heavy atom. The lowest BCUT2D eigenvalue weighted by molar-refractivity contribution is -0.117. The fourth-order valence-electron chi connectivity index (χ4n) is 3.57. The second kappa shape index (κ2) is 11.6. The first kappa shape index (κ1) is 24.4. The van der Waals surface area contributed by atoms with Crippen LogP contribution in [0.1, 0.15) is 11.3 Å². The van der Waals surface area contributed by atoms with Gasteiger partial charge in [0.15, 0.2) is 0 Å². The summed E-state index contributed by atoms with van der Waals surface area (Å²) in [5, 5.41) is 5.61. The van der Waals surface area contributed by atoms with E-state index in [9.17, 15) is 9.59 Å². The van der Waals surface area contributed by atoms with Crippen molar-refractivity contribution < 1.29 is 9.59 Å². The average Bonchev–Trinajstić information content (AvgIpc) is 2.90. The van der Waals surface area contributed by atoms with Gasteiger partial charge in [-0.3, -0.25) is 9.59 Å². The summed E-state index contributed by atoms with van der Waals surface area (Å²) >= 11 is 0. The number of nitrogens with two attached hydrogens (primary N) is 2. The number of carbonyl (C=O) groups excluding carboxylic acids is 2. The van der Waals surface area contributed by atoms with Gasteiger partial charge in [0.1, 0.15) is 0 Å². The predicted molar refractivity (Wildman–Crippen MR) is 145 cm³/mol. The van der Waals surface area contributed by atoms with E-state index in [4.69, 9.17) is 11.5 Å². The van der Waals surface area contributed by atoms with Crippen LogP contribution < -0.4 is 22.1 Å². The molecule has 0 aliphatic heterocycles. The van der Waals surface area contributed by atoms with E-state index in [0.717, 1.165) is 16.8 Å². The summed E-state index contributed by atoms with van der Waals surface area (Å²) in [5.41, 5.74) is 16.9.